The van der Waals surface area contributed by atoms with Gasteiger partial charge < -0.3 is 19.7 Å². The van der Waals surface area contributed by atoms with Crippen LogP contribution in [0, 0.1) is 0 Å². The van der Waals surface area contributed by atoms with Gasteiger partial charge in [-0.3, -0.25) is 9.89 Å². The predicted octanol–water partition coefficient (Wildman–Crippen LogP) is 1.16. The van der Waals surface area contributed by atoms with Crippen molar-refractivity contribution in [2.24, 2.45) is 4.99 Å². The standard InChI is InChI=1S/C16H30N4O2.HI/c1-17-16(18-12-15-4-2-3-9-22-15)20-6-5-14(13-20)19-7-10-21-11-8-19;/h14-15H,2-13H2,1H3,(H,17,18);1H. The molecule has 3 rings (SSSR count). The maximum atomic E-state index is 5.79. The molecule has 0 aromatic rings. The van der Waals surface area contributed by atoms with E-state index in [2.05, 4.69) is 20.1 Å². The van der Waals surface area contributed by atoms with Gasteiger partial charge in [0.1, 0.15) is 0 Å². The van der Waals surface area contributed by atoms with Gasteiger partial charge in [0.05, 0.1) is 19.3 Å². The molecular formula is C16H31IN4O2. The SMILES string of the molecule is CN=C(NCC1CCCCO1)N1CCC(N2CCOCC2)C1.I. The molecule has 0 amide bonds. The summed E-state index contributed by atoms with van der Waals surface area (Å²) in [7, 11) is 1.88. The smallest absolute Gasteiger partial charge is 0.193 e. The van der Waals surface area contributed by atoms with Crippen molar-refractivity contribution in [2.75, 3.05) is 59.6 Å². The minimum absolute atomic E-state index is 0. The van der Waals surface area contributed by atoms with Crippen LogP contribution in [0.1, 0.15) is 25.7 Å². The summed E-state index contributed by atoms with van der Waals surface area (Å²) in [4.78, 5) is 9.43. The normalized spacial score (nSPS) is 30.1. The highest BCUT2D eigenvalue weighted by Gasteiger charge is 2.30. The molecule has 0 aromatic heterocycles. The van der Waals surface area contributed by atoms with Crippen LogP contribution in [0.5, 0.6) is 0 Å². The van der Waals surface area contributed by atoms with E-state index in [1.165, 1.54) is 25.7 Å². The highest BCUT2D eigenvalue weighted by atomic mass is 127. The zero-order chi connectivity index (χ0) is 15.2. The van der Waals surface area contributed by atoms with Crippen molar-refractivity contribution in [3.8, 4) is 0 Å². The number of hydrogen-bond acceptors (Lipinski definition) is 4. The lowest BCUT2D eigenvalue weighted by molar-refractivity contribution is 0.0180. The maximum Gasteiger partial charge on any atom is 0.193 e. The van der Waals surface area contributed by atoms with Gasteiger partial charge >= 0.3 is 0 Å². The van der Waals surface area contributed by atoms with E-state index < -0.39 is 0 Å². The van der Waals surface area contributed by atoms with Crippen molar-refractivity contribution >= 4 is 29.9 Å². The largest absolute Gasteiger partial charge is 0.379 e. The van der Waals surface area contributed by atoms with Crippen LogP contribution in [-0.2, 0) is 9.47 Å². The minimum atomic E-state index is 0. The summed E-state index contributed by atoms with van der Waals surface area (Å²) in [5.74, 6) is 1.03. The van der Waals surface area contributed by atoms with E-state index >= 15 is 0 Å². The summed E-state index contributed by atoms with van der Waals surface area (Å²) in [5, 5.41) is 3.51. The Morgan fingerprint density at radius 1 is 1.13 bits per heavy atom. The number of rotatable bonds is 3. The van der Waals surface area contributed by atoms with Crippen molar-refractivity contribution in [3.05, 3.63) is 0 Å². The first-order chi connectivity index (χ1) is 10.9. The van der Waals surface area contributed by atoms with Crippen LogP contribution >= 0.6 is 24.0 Å². The lowest BCUT2D eigenvalue weighted by Crippen LogP contribution is -2.47. The average Bonchev–Trinajstić information content (AvgIpc) is 3.07. The molecule has 0 spiro atoms. The number of hydrogen-bond donors (Lipinski definition) is 1. The number of nitrogens with one attached hydrogen (secondary N) is 1. The highest BCUT2D eigenvalue weighted by molar-refractivity contribution is 14.0. The predicted molar refractivity (Wildman–Crippen MR) is 103 cm³/mol. The zero-order valence-corrected chi connectivity index (χ0v) is 16.5. The lowest BCUT2D eigenvalue weighted by Gasteiger charge is -2.32. The quantitative estimate of drug-likeness (QED) is 0.407. The van der Waals surface area contributed by atoms with Crippen molar-refractivity contribution < 1.29 is 9.47 Å². The summed E-state index contributed by atoms with van der Waals surface area (Å²) in [5.41, 5.74) is 0. The van der Waals surface area contributed by atoms with Gasteiger partial charge in [-0.25, -0.2) is 0 Å². The molecule has 3 heterocycles. The number of guanidine groups is 1. The van der Waals surface area contributed by atoms with Gasteiger partial charge in [-0.15, -0.1) is 24.0 Å². The molecule has 2 unspecified atom stereocenters. The molecule has 23 heavy (non-hydrogen) atoms. The van der Waals surface area contributed by atoms with Crippen LogP contribution in [0.25, 0.3) is 0 Å². The van der Waals surface area contributed by atoms with Crippen molar-refractivity contribution in [1.29, 1.82) is 0 Å². The average molecular weight is 438 g/mol. The molecule has 3 saturated heterocycles. The number of aliphatic imine (C=N–C) groups is 1. The van der Waals surface area contributed by atoms with E-state index in [-0.39, 0.29) is 24.0 Å². The van der Waals surface area contributed by atoms with E-state index in [4.69, 9.17) is 9.47 Å². The molecule has 0 bridgehead atoms. The summed E-state index contributed by atoms with van der Waals surface area (Å²) < 4.78 is 11.2. The van der Waals surface area contributed by atoms with Gasteiger partial charge in [0, 0.05) is 52.4 Å². The van der Waals surface area contributed by atoms with Crippen LogP contribution in [0.3, 0.4) is 0 Å². The van der Waals surface area contributed by atoms with Crippen LogP contribution in [0.4, 0.5) is 0 Å². The summed E-state index contributed by atoms with van der Waals surface area (Å²) in [6.45, 7) is 7.85. The van der Waals surface area contributed by atoms with Gasteiger partial charge in [-0.05, 0) is 25.7 Å². The second-order valence-electron chi connectivity index (χ2n) is 6.45. The molecule has 0 saturated carbocycles. The highest BCUT2D eigenvalue weighted by Crippen LogP contribution is 2.17. The first kappa shape index (κ1) is 19.2. The molecular weight excluding hydrogens is 407 g/mol. The Labute approximate surface area is 157 Å². The second kappa shape index (κ2) is 10.0. The van der Waals surface area contributed by atoms with Gasteiger partial charge in [0.2, 0.25) is 0 Å². The third-order valence-corrected chi connectivity index (χ3v) is 5.00. The number of likely N-dealkylation sites (tertiary alicyclic amines) is 1. The fraction of sp³-hybridized carbons (Fsp3) is 0.938. The molecule has 1 N–H and O–H groups in total. The maximum absolute atomic E-state index is 5.79. The molecule has 0 aliphatic carbocycles. The molecule has 3 aliphatic heterocycles. The van der Waals surface area contributed by atoms with E-state index in [0.717, 1.165) is 58.5 Å². The Morgan fingerprint density at radius 2 is 1.96 bits per heavy atom. The van der Waals surface area contributed by atoms with Crippen LogP contribution in [0.2, 0.25) is 0 Å². The Hall–Kier alpha value is -0.120. The lowest BCUT2D eigenvalue weighted by atomic mass is 10.1. The number of morpholine rings is 1. The minimum Gasteiger partial charge on any atom is -0.379 e. The van der Waals surface area contributed by atoms with Crippen molar-refractivity contribution in [3.63, 3.8) is 0 Å². The Morgan fingerprint density at radius 3 is 2.65 bits per heavy atom. The Bertz CT molecular complexity index is 371. The summed E-state index contributed by atoms with van der Waals surface area (Å²) in [6.07, 6.45) is 5.23. The number of halogens is 1. The molecule has 0 aromatic carbocycles. The van der Waals surface area contributed by atoms with E-state index in [1.807, 2.05) is 7.05 Å². The third-order valence-electron chi connectivity index (χ3n) is 5.00. The molecule has 0 radical (unpaired) electrons. The van der Waals surface area contributed by atoms with Crippen molar-refractivity contribution in [1.82, 2.24) is 15.1 Å². The number of ether oxygens (including phenoxy) is 2. The zero-order valence-electron chi connectivity index (χ0n) is 14.2. The van der Waals surface area contributed by atoms with Crippen molar-refractivity contribution in [2.45, 2.75) is 37.8 Å². The molecule has 6 nitrogen and oxygen atoms in total. The number of nitrogens with zero attached hydrogens (tertiary/aromatic N) is 3. The molecule has 134 valence electrons. The van der Waals surface area contributed by atoms with Gasteiger partial charge in [-0.2, -0.15) is 0 Å². The monoisotopic (exact) mass is 438 g/mol. The fourth-order valence-corrected chi connectivity index (χ4v) is 3.68. The van der Waals surface area contributed by atoms with Crippen LogP contribution in [0.15, 0.2) is 4.99 Å². The molecule has 3 fully saturated rings. The molecule has 7 heteroatoms. The Balaban J connectivity index is 0.00000192. The summed E-state index contributed by atoms with van der Waals surface area (Å²) >= 11 is 0. The van der Waals surface area contributed by atoms with Gasteiger partial charge in [0.25, 0.3) is 0 Å². The van der Waals surface area contributed by atoms with E-state index in [9.17, 15) is 0 Å². The molecule has 3 aliphatic rings. The van der Waals surface area contributed by atoms with E-state index in [0.29, 0.717) is 12.1 Å². The van der Waals surface area contributed by atoms with Crippen LogP contribution < -0.4 is 5.32 Å². The molecule has 2 atom stereocenters. The van der Waals surface area contributed by atoms with E-state index in [1.54, 1.807) is 0 Å². The first-order valence-corrected chi connectivity index (χ1v) is 8.76. The topological polar surface area (TPSA) is 49.3 Å². The van der Waals surface area contributed by atoms with Crippen LogP contribution in [-0.4, -0.2) is 87.5 Å². The van der Waals surface area contributed by atoms with Gasteiger partial charge in [0.15, 0.2) is 5.96 Å². The third kappa shape index (κ3) is 5.44. The fourth-order valence-electron chi connectivity index (χ4n) is 3.68. The summed E-state index contributed by atoms with van der Waals surface area (Å²) in [6, 6.07) is 0.647. The second-order valence-corrected chi connectivity index (χ2v) is 6.45. The Kier molecular flexibility index (Phi) is 8.35. The first-order valence-electron chi connectivity index (χ1n) is 8.76. The van der Waals surface area contributed by atoms with Gasteiger partial charge in [-0.1, -0.05) is 0 Å².